The Morgan fingerprint density at radius 1 is 0.778 bits per heavy atom. The summed E-state index contributed by atoms with van der Waals surface area (Å²) >= 11 is 6.44. The lowest BCUT2D eigenvalue weighted by Gasteiger charge is -2.38. The fourth-order valence-corrected chi connectivity index (χ4v) is 9.08. The van der Waals surface area contributed by atoms with Crippen molar-refractivity contribution in [2.45, 2.75) is 122 Å². The third-order valence-electron chi connectivity index (χ3n) is 10.8. The van der Waals surface area contributed by atoms with Gasteiger partial charge in [-0.05, 0) is 147 Å². The highest BCUT2D eigenvalue weighted by atomic mass is 32.2. The maximum Gasteiger partial charge on any atom is 0.00773 e. The molecule has 2 nitrogen and oxygen atoms in total. The lowest BCUT2D eigenvalue weighted by molar-refractivity contribution is 0.113. The summed E-state index contributed by atoms with van der Waals surface area (Å²) in [4.78, 5) is 7.94. The van der Waals surface area contributed by atoms with Crippen LogP contribution in [-0.2, 0) is 12.8 Å². The first-order chi connectivity index (χ1) is 21.3. The highest BCUT2D eigenvalue weighted by Gasteiger charge is 2.44. The highest BCUT2D eigenvalue weighted by Crippen LogP contribution is 2.49. The molecule has 0 bridgehead atoms. The number of rotatable bonds is 12. The number of nitrogens with zero attached hydrogens (tertiary/aromatic N) is 2. The molecule has 0 radical (unpaired) electrons. The number of piperidine rings is 2. The largest absolute Gasteiger partial charge is 0.303 e. The lowest BCUT2D eigenvalue weighted by Crippen LogP contribution is -2.41. The average molecular weight is 651 g/mol. The van der Waals surface area contributed by atoms with E-state index in [1.54, 1.807) is 5.56 Å². The van der Waals surface area contributed by atoms with Crippen molar-refractivity contribution in [3.05, 3.63) is 59.7 Å². The minimum Gasteiger partial charge on any atom is -0.303 e. The summed E-state index contributed by atoms with van der Waals surface area (Å²) in [5.41, 5.74) is 3.87. The van der Waals surface area contributed by atoms with Crippen molar-refractivity contribution in [1.29, 1.82) is 0 Å². The molecule has 252 valence electrons. The second-order valence-corrected chi connectivity index (χ2v) is 18.9. The van der Waals surface area contributed by atoms with Gasteiger partial charge in [-0.3, -0.25) is 0 Å². The molecule has 0 aromatic heterocycles. The second kappa shape index (κ2) is 16.9. The zero-order chi connectivity index (χ0) is 32.6. The maximum absolute atomic E-state index is 4.45. The van der Waals surface area contributed by atoms with Crippen molar-refractivity contribution in [3.8, 4) is 0 Å². The number of thioether (sulfide) groups is 1. The van der Waals surface area contributed by atoms with Crippen molar-refractivity contribution < 1.29 is 0 Å². The third kappa shape index (κ3) is 12.5. The monoisotopic (exact) mass is 650 g/mol. The molecule has 2 aromatic rings. The van der Waals surface area contributed by atoms with Gasteiger partial charge in [-0.15, -0.1) is 24.4 Å². The van der Waals surface area contributed by atoms with E-state index in [0.717, 1.165) is 35.0 Å². The Morgan fingerprint density at radius 3 is 1.87 bits per heavy atom. The topological polar surface area (TPSA) is 6.48 Å². The van der Waals surface area contributed by atoms with Crippen LogP contribution in [0.15, 0.2) is 58.3 Å². The van der Waals surface area contributed by atoms with E-state index in [1.807, 2.05) is 11.8 Å². The van der Waals surface area contributed by atoms with Crippen molar-refractivity contribution in [1.82, 2.24) is 9.80 Å². The van der Waals surface area contributed by atoms with E-state index in [4.69, 9.17) is 0 Å². The Bertz CT molecular complexity index is 1150. The molecule has 2 aromatic carbocycles. The van der Waals surface area contributed by atoms with Crippen LogP contribution in [0.4, 0.5) is 0 Å². The fraction of sp³-hybridized carbons (Fsp3) is 0.707. The molecule has 0 unspecified atom stereocenters. The zero-order valence-corrected chi connectivity index (χ0v) is 31.9. The Balaban J connectivity index is 0.000000207. The lowest BCUT2D eigenvalue weighted by atomic mass is 9.82. The molecule has 0 N–H and O–H groups in total. The Hall–Kier alpha value is -0.940. The van der Waals surface area contributed by atoms with Crippen LogP contribution >= 0.6 is 24.4 Å². The minimum absolute atomic E-state index is 0.326. The van der Waals surface area contributed by atoms with Crippen LogP contribution in [0.25, 0.3) is 0 Å². The molecule has 2 saturated heterocycles. The fourth-order valence-electron chi connectivity index (χ4n) is 7.91. The summed E-state index contributed by atoms with van der Waals surface area (Å²) in [5, 5.41) is 0.664. The molecule has 0 amide bonds. The zero-order valence-electron chi connectivity index (χ0n) is 30.2. The SMILES string of the molecule is CC(C)C1CCN(CC(C)(C)Cc2cccc(S)c2)CC1.CC(C)Sc1cccc(CC2(CN3CCC(C(C)C)CC3)CC2)c1. The molecule has 0 atom stereocenters. The van der Waals surface area contributed by atoms with Gasteiger partial charge in [0.25, 0.3) is 0 Å². The number of hydrogen-bond donors (Lipinski definition) is 1. The number of thiol groups is 1. The van der Waals surface area contributed by atoms with Gasteiger partial charge in [0.2, 0.25) is 0 Å². The summed E-state index contributed by atoms with van der Waals surface area (Å²) in [5.74, 6) is 3.60. The van der Waals surface area contributed by atoms with Crippen molar-refractivity contribution in [2.24, 2.45) is 34.5 Å². The first-order valence-electron chi connectivity index (χ1n) is 18.3. The quantitative estimate of drug-likeness (QED) is 0.180. The van der Waals surface area contributed by atoms with Crippen LogP contribution in [0.5, 0.6) is 0 Å². The van der Waals surface area contributed by atoms with Gasteiger partial charge in [-0.25, -0.2) is 0 Å². The van der Waals surface area contributed by atoms with Gasteiger partial charge in [0.1, 0.15) is 0 Å². The van der Waals surface area contributed by atoms with E-state index in [-0.39, 0.29) is 0 Å². The van der Waals surface area contributed by atoms with E-state index < -0.39 is 0 Å². The van der Waals surface area contributed by atoms with E-state index in [9.17, 15) is 0 Å². The number of benzene rings is 2. The Kier molecular flexibility index (Phi) is 13.9. The van der Waals surface area contributed by atoms with Gasteiger partial charge in [0.05, 0.1) is 0 Å². The average Bonchev–Trinajstić information content (AvgIpc) is 3.71. The van der Waals surface area contributed by atoms with Crippen LogP contribution in [0, 0.1) is 34.5 Å². The molecule has 5 rings (SSSR count). The molecular formula is C41H66N2S2. The van der Waals surface area contributed by atoms with Gasteiger partial charge in [0, 0.05) is 28.1 Å². The smallest absolute Gasteiger partial charge is 0.00773 e. The Morgan fingerprint density at radius 2 is 1.33 bits per heavy atom. The summed E-state index contributed by atoms with van der Waals surface area (Å²) in [7, 11) is 0. The Labute approximate surface area is 288 Å². The van der Waals surface area contributed by atoms with Crippen molar-refractivity contribution >= 4 is 24.4 Å². The van der Waals surface area contributed by atoms with E-state index >= 15 is 0 Å². The van der Waals surface area contributed by atoms with Crippen molar-refractivity contribution in [3.63, 3.8) is 0 Å². The molecule has 45 heavy (non-hydrogen) atoms. The molecule has 1 saturated carbocycles. The summed E-state index contributed by atoms with van der Waals surface area (Å²) in [6.07, 6.45) is 10.8. The van der Waals surface area contributed by atoms with Gasteiger partial charge in [-0.2, -0.15) is 0 Å². The summed E-state index contributed by atoms with van der Waals surface area (Å²) in [6.45, 7) is 26.6. The standard InChI is InChI=1S/C22H35NS.C19H31NS/c1-17(2)20-8-12-23(13-9-20)16-22(10-11-22)15-19-6-5-7-21(14-19)24-18(3)4;1-15(2)17-8-10-20(11-9-17)14-19(3,4)13-16-6-5-7-18(21)12-16/h5-7,14,17-18,20H,8-13,15-16H2,1-4H3;5-7,12,15,17,21H,8-11,13-14H2,1-4H3. The van der Waals surface area contributed by atoms with E-state index in [0.29, 0.717) is 16.1 Å². The second-order valence-electron chi connectivity index (χ2n) is 16.7. The molecule has 4 heteroatoms. The molecule has 3 aliphatic rings. The van der Waals surface area contributed by atoms with Gasteiger partial charge >= 0.3 is 0 Å². The number of hydrogen-bond acceptors (Lipinski definition) is 4. The minimum atomic E-state index is 0.326. The first kappa shape index (κ1) is 36.9. The predicted molar refractivity (Wildman–Crippen MR) is 202 cm³/mol. The molecule has 2 aliphatic heterocycles. The summed E-state index contributed by atoms with van der Waals surface area (Å²) in [6, 6.07) is 17.9. The van der Waals surface area contributed by atoms with Crippen LogP contribution in [0.2, 0.25) is 0 Å². The number of likely N-dealkylation sites (tertiary alicyclic amines) is 2. The normalized spacial score (nSPS) is 20.1. The maximum atomic E-state index is 4.45. The first-order valence-corrected chi connectivity index (χ1v) is 19.6. The van der Waals surface area contributed by atoms with Crippen LogP contribution in [0.3, 0.4) is 0 Å². The van der Waals surface area contributed by atoms with Crippen LogP contribution in [-0.4, -0.2) is 54.3 Å². The molecule has 3 fully saturated rings. The molecule has 2 heterocycles. The predicted octanol–water partition coefficient (Wildman–Crippen LogP) is 10.8. The van der Waals surface area contributed by atoms with E-state index in [2.05, 4.69) is 126 Å². The molecular weight excluding hydrogens is 585 g/mol. The van der Waals surface area contributed by atoms with Gasteiger partial charge in [0.15, 0.2) is 0 Å². The third-order valence-corrected chi connectivity index (χ3v) is 12.0. The van der Waals surface area contributed by atoms with E-state index in [1.165, 1.54) is 94.7 Å². The van der Waals surface area contributed by atoms with Crippen LogP contribution < -0.4 is 0 Å². The van der Waals surface area contributed by atoms with Crippen molar-refractivity contribution in [2.75, 3.05) is 39.3 Å². The van der Waals surface area contributed by atoms with Gasteiger partial charge in [-0.1, -0.05) is 79.7 Å². The van der Waals surface area contributed by atoms with Crippen LogP contribution in [0.1, 0.15) is 105 Å². The summed E-state index contributed by atoms with van der Waals surface area (Å²) < 4.78 is 0. The molecule has 1 aliphatic carbocycles. The highest BCUT2D eigenvalue weighted by molar-refractivity contribution is 7.99. The molecule has 0 spiro atoms. The van der Waals surface area contributed by atoms with Gasteiger partial charge < -0.3 is 9.80 Å².